The Morgan fingerprint density at radius 2 is 2.15 bits per heavy atom. The van der Waals surface area contributed by atoms with Gasteiger partial charge in [0.25, 0.3) is 0 Å². The monoisotopic (exact) mass is 183 g/mol. The highest BCUT2D eigenvalue weighted by atomic mass is 16.3. The summed E-state index contributed by atoms with van der Waals surface area (Å²) in [6, 6.07) is 1.05. The van der Waals surface area contributed by atoms with Crippen molar-refractivity contribution in [3.63, 3.8) is 0 Å². The summed E-state index contributed by atoms with van der Waals surface area (Å²) in [6.45, 7) is 4.43. The number of aliphatic hydroxyl groups excluding tert-OH is 1. The van der Waals surface area contributed by atoms with Crippen molar-refractivity contribution in [2.45, 2.75) is 64.1 Å². The van der Waals surface area contributed by atoms with Gasteiger partial charge in [-0.1, -0.05) is 19.8 Å². The molecule has 0 aromatic rings. The van der Waals surface area contributed by atoms with Gasteiger partial charge >= 0.3 is 0 Å². The number of hydrogen-bond acceptors (Lipinski definition) is 2. The largest absolute Gasteiger partial charge is 0.392 e. The molecular weight excluding hydrogens is 162 g/mol. The smallest absolute Gasteiger partial charge is 0.0623 e. The van der Waals surface area contributed by atoms with Crippen LogP contribution in [0.25, 0.3) is 0 Å². The highest BCUT2D eigenvalue weighted by molar-refractivity contribution is 5.01. The zero-order valence-corrected chi connectivity index (χ0v) is 8.71. The van der Waals surface area contributed by atoms with Gasteiger partial charge in [-0.15, -0.1) is 0 Å². The number of fused-ring (bicyclic) bond motifs is 1. The molecule has 0 spiro atoms. The molecule has 0 aromatic carbocycles. The second kappa shape index (κ2) is 3.25. The van der Waals surface area contributed by atoms with Crippen molar-refractivity contribution in [2.24, 2.45) is 5.41 Å². The molecule has 2 N–H and O–H groups in total. The molecule has 2 fully saturated rings. The fourth-order valence-electron chi connectivity index (χ4n) is 3.05. The van der Waals surface area contributed by atoms with Crippen LogP contribution in [0.15, 0.2) is 0 Å². The molecule has 1 saturated heterocycles. The van der Waals surface area contributed by atoms with Crippen LogP contribution in [0.5, 0.6) is 0 Å². The summed E-state index contributed by atoms with van der Waals surface area (Å²) in [5.41, 5.74) is 0.157. The second-order valence-corrected chi connectivity index (χ2v) is 5.12. The lowest BCUT2D eigenvalue weighted by molar-refractivity contribution is -0.0541. The van der Waals surface area contributed by atoms with Crippen LogP contribution in [-0.4, -0.2) is 23.3 Å². The standard InChI is InChI=1S/C11H21NO/c1-8-7-10(13)11(2)6-4-3-5-9(11)12-8/h8-10,12-13H,3-7H2,1-2H3. The van der Waals surface area contributed by atoms with Crippen molar-refractivity contribution in [1.29, 1.82) is 0 Å². The maximum absolute atomic E-state index is 10.1. The van der Waals surface area contributed by atoms with E-state index in [9.17, 15) is 5.11 Å². The molecule has 2 aliphatic rings. The van der Waals surface area contributed by atoms with Gasteiger partial charge in [0.2, 0.25) is 0 Å². The lowest BCUT2D eigenvalue weighted by atomic mass is 9.64. The Kier molecular flexibility index (Phi) is 2.37. The summed E-state index contributed by atoms with van der Waals surface area (Å²) in [6.07, 6.45) is 5.89. The summed E-state index contributed by atoms with van der Waals surface area (Å²) in [4.78, 5) is 0. The normalized spacial score (nSPS) is 51.5. The molecule has 4 atom stereocenters. The van der Waals surface area contributed by atoms with E-state index in [1.54, 1.807) is 0 Å². The van der Waals surface area contributed by atoms with Gasteiger partial charge < -0.3 is 10.4 Å². The molecule has 0 aromatic heterocycles. The third-order valence-corrected chi connectivity index (χ3v) is 4.08. The van der Waals surface area contributed by atoms with Crippen molar-refractivity contribution in [3.8, 4) is 0 Å². The average Bonchev–Trinajstić information content (AvgIpc) is 2.07. The molecule has 1 aliphatic heterocycles. The average molecular weight is 183 g/mol. The summed E-state index contributed by atoms with van der Waals surface area (Å²) in [7, 11) is 0. The van der Waals surface area contributed by atoms with Crippen LogP contribution < -0.4 is 5.32 Å². The van der Waals surface area contributed by atoms with Gasteiger partial charge in [-0.3, -0.25) is 0 Å². The highest BCUT2D eigenvalue weighted by Gasteiger charge is 2.45. The molecule has 2 heteroatoms. The van der Waals surface area contributed by atoms with Gasteiger partial charge in [-0.25, -0.2) is 0 Å². The lowest BCUT2D eigenvalue weighted by Crippen LogP contribution is -2.60. The van der Waals surface area contributed by atoms with E-state index in [1.165, 1.54) is 25.7 Å². The van der Waals surface area contributed by atoms with Crippen molar-refractivity contribution in [2.75, 3.05) is 0 Å². The summed E-state index contributed by atoms with van der Waals surface area (Å²) < 4.78 is 0. The van der Waals surface area contributed by atoms with Crippen LogP contribution >= 0.6 is 0 Å². The molecule has 0 radical (unpaired) electrons. The van der Waals surface area contributed by atoms with E-state index in [4.69, 9.17) is 0 Å². The second-order valence-electron chi connectivity index (χ2n) is 5.12. The van der Waals surface area contributed by atoms with E-state index in [-0.39, 0.29) is 11.5 Å². The first-order chi connectivity index (χ1) is 6.13. The third kappa shape index (κ3) is 1.50. The molecule has 13 heavy (non-hydrogen) atoms. The number of piperidine rings is 1. The van der Waals surface area contributed by atoms with Crippen LogP contribution in [0.1, 0.15) is 46.0 Å². The molecule has 4 unspecified atom stereocenters. The number of rotatable bonds is 0. The number of nitrogens with one attached hydrogen (secondary N) is 1. The Bertz CT molecular complexity index is 195. The van der Waals surface area contributed by atoms with Crippen LogP contribution in [0.2, 0.25) is 0 Å². The minimum Gasteiger partial charge on any atom is -0.392 e. The van der Waals surface area contributed by atoms with E-state index in [0.29, 0.717) is 12.1 Å². The summed E-state index contributed by atoms with van der Waals surface area (Å²) >= 11 is 0. The Hall–Kier alpha value is -0.0800. The van der Waals surface area contributed by atoms with Gasteiger partial charge in [0.05, 0.1) is 6.10 Å². The molecule has 2 nitrogen and oxygen atoms in total. The van der Waals surface area contributed by atoms with Gasteiger partial charge in [-0.2, -0.15) is 0 Å². The zero-order chi connectivity index (χ0) is 9.47. The van der Waals surface area contributed by atoms with E-state index in [2.05, 4.69) is 19.2 Å². The fourth-order valence-corrected chi connectivity index (χ4v) is 3.05. The first kappa shape index (κ1) is 9.47. The van der Waals surface area contributed by atoms with Crippen molar-refractivity contribution >= 4 is 0 Å². The van der Waals surface area contributed by atoms with E-state index < -0.39 is 0 Å². The Morgan fingerprint density at radius 1 is 1.38 bits per heavy atom. The Morgan fingerprint density at radius 3 is 2.92 bits per heavy atom. The molecule has 0 amide bonds. The minimum absolute atomic E-state index is 0.0888. The third-order valence-electron chi connectivity index (χ3n) is 4.08. The molecule has 2 rings (SSSR count). The first-order valence-corrected chi connectivity index (χ1v) is 5.57. The predicted octanol–water partition coefficient (Wildman–Crippen LogP) is 1.68. The van der Waals surface area contributed by atoms with E-state index in [0.717, 1.165) is 6.42 Å². The summed E-state index contributed by atoms with van der Waals surface area (Å²) in [5, 5.41) is 13.7. The van der Waals surface area contributed by atoms with Gasteiger partial charge in [-0.05, 0) is 26.2 Å². The summed E-state index contributed by atoms with van der Waals surface area (Å²) in [5.74, 6) is 0. The first-order valence-electron chi connectivity index (χ1n) is 5.57. The fraction of sp³-hybridized carbons (Fsp3) is 1.00. The van der Waals surface area contributed by atoms with Crippen molar-refractivity contribution in [3.05, 3.63) is 0 Å². The van der Waals surface area contributed by atoms with Gasteiger partial charge in [0.15, 0.2) is 0 Å². The zero-order valence-electron chi connectivity index (χ0n) is 8.71. The van der Waals surface area contributed by atoms with Crippen molar-refractivity contribution in [1.82, 2.24) is 5.32 Å². The Labute approximate surface area is 80.7 Å². The topological polar surface area (TPSA) is 32.3 Å². The van der Waals surface area contributed by atoms with Crippen LogP contribution in [-0.2, 0) is 0 Å². The van der Waals surface area contributed by atoms with Gasteiger partial charge in [0.1, 0.15) is 0 Å². The maximum Gasteiger partial charge on any atom is 0.0623 e. The maximum atomic E-state index is 10.1. The van der Waals surface area contributed by atoms with Crippen LogP contribution in [0, 0.1) is 5.41 Å². The van der Waals surface area contributed by atoms with E-state index >= 15 is 0 Å². The molecule has 1 aliphatic carbocycles. The SMILES string of the molecule is CC1CC(O)C2(C)CCCCC2N1. The van der Waals surface area contributed by atoms with Crippen molar-refractivity contribution < 1.29 is 5.11 Å². The molecule has 0 bridgehead atoms. The predicted molar refractivity (Wildman–Crippen MR) is 53.6 cm³/mol. The van der Waals surface area contributed by atoms with Crippen LogP contribution in [0.4, 0.5) is 0 Å². The lowest BCUT2D eigenvalue weighted by Gasteiger charge is -2.50. The molecule has 76 valence electrons. The van der Waals surface area contributed by atoms with Crippen LogP contribution in [0.3, 0.4) is 0 Å². The van der Waals surface area contributed by atoms with E-state index in [1.807, 2.05) is 0 Å². The number of hydrogen-bond donors (Lipinski definition) is 2. The quantitative estimate of drug-likeness (QED) is 0.599. The van der Waals surface area contributed by atoms with Gasteiger partial charge in [0, 0.05) is 17.5 Å². The Balaban J connectivity index is 2.15. The molecule has 1 heterocycles. The minimum atomic E-state index is -0.0888. The highest BCUT2D eigenvalue weighted by Crippen LogP contribution is 2.43. The molecule has 1 saturated carbocycles. The number of aliphatic hydroxyl groups is 1. The molecular formula is C11H21NO.